The van der Waals surface area contributed by atoms with Gasteiger partial charge in [-0.2, -0.15) is 0 Å². The van der Waals surface area contributed by atoms with Gasteiger partial charge in [0.15, 0.2) is 17.5 Å². The summed E-state index contributed by atoms with van der Waals surface area (Å²) in [6.45, 7) is 2.31. The topological polar surface area (TPSA) is 35.5 Å². The maximum atomic E-state index is 14.2. The number of halogens is 5. The molecule has 3 rings (SSSR count). The number of rotatable bonds is 6. The number of esters is 1. The van der Waals surface area contributed by atoms with E-state index in [1.54, 1.807) is 0 Å². The molecule has 0 aliphatic rings. The highest BCUT2D eigenvalue weighted by Gasteiger charge is 2.15. The smallest absolute Gasteiger partial charge is 0.343 e. The van der Waals surface area contributed by atoms with E-state index >= 15 is 0 Å². The molecule has 8 heteroatoms. The maximum Gasteiger partial charge on any atom is 0.343 e. The largest absolute Gasteiger partial charge is 0.493 e. The minimum Gasteiger partial charge on any atom is -0.493 e. The molecule has 33 heavy (non-hydrogen) atoms. The van der Waals surface area contributed by atoms with E-state index in [2.05, 4.69) is 11.8 Å². The van der Waals surface area contributed by atoms with Crippen LogP contribution in [0.15, 0.2) is 48.5 Å². The van der Waals surface area contributed by atoms with E-state index in [-0.39, 0.29) is 11.3 Å². The average molecular weight is 460 g/mol. The third kappa shape index (κ3) is 6.10. The number of hydrogen-bond acceptors (Lipinski definition) is 3. The zero-order valence-corrected chi connectivity index (χ0v) is 17.4. The van der Waals surface area contributed by atoms with Crippen LogP contribution < -0.4 is 9.47 Å². The molecular weight excluding hydrogens is 443 g/mol. The molecular formula is C25H17F5O3. The second kappa shape index (κ2) is 10.6. The van der Waals surface area contributed by atoms with Crippen molar-refractivity contribution in [2.75, 3.05) is 6.61 Å². The van der Waals surface area contributed by atoms with Crippen LogP contribution in [0.4, 0.5) is 22.0 Å². The van der Waals surface area contributed by atoms with Crippen molar-refractivity contribution in [3.63, 3.8) is 0 Å². The summed E-state index contributed by atoms with van der Waals surface area (Å²) in [5.41, 5.74) is -0.0779. The number of benzene rings is 3. The van der Waals surface area contributed by atoms with Gasteiger partial charge in [0.25, 0.3) is 0 Å². The molecule has 0 saturated heterocycles. The lowest BCUT2D eigenvalue weighted by molar-refractivity contribution is 0.0733. The van der Waals surface area contributed by atoms with Gasteiger partial charge < -0.3 is 9.47 Å². The fourth-order valence-electron chi connectivity index (χ4n) is 2.67. The molecule has 0 amide bonds. The Balaban J connectivity index is 1.71. The van der Waals surface area contributed by atoms with Crippen molar-refractivity contribution in [2.45, 2.75) is 19.8 Å². The van der Waals surface area contributed by atoms with Crippen LogP contribution in [0, 0.1) is 40.9 Å². The zero-order chi connectivity index (χ0) is 24.0. The average Bonchev–Trinajstić information content (AvgIpc) is 2.77. The lowest BCUT2D eigenvalue weighted by Crippen LogP contribution is -2.09. The molecule has 0 N–H and O–H groups in total. The van der Waals surface area contributed by atoms with E-state index in [9.17, 15) is 26.7 Å². The van der Waals surface area contributed by atoms with Crippen molar-refractivity contribution < 1.29 is 36.2 Å². The molecule has 0 bridgehead atoms. The second-order valence-corrected chi connectivity index (χ2v) is 6.88. The van der Waals surface area contributed by atoms with Crippen LogP contribution in [-0.4, -0.2) is 12.6 Å². The molecule has 0 spiro atoms. The van der Waals surface area contributed by atoms with Crippen LogP contribution in [0.5, 0.6) is 11.5 Å². The number of carbonyl (C=O) groups excluding carboxylic acids is 1. The summed E-state index contributed by atoms with van der Waals surface area (Å²) in [4.78, 5) is 12.1. The summed E-state index contributed by atoms with van der Waals surface area (Å²) < 4.78 is 78.0. The Morgan fingerprint density at radius 2 is 1.39 bits per heavy atom. The molecule has 0 unspecified atom stereocenters. The summed E-state index contributed by atoms with van der Waals surface area (Å²) >= 11 is 0. The Bertz CT molecular complexity index is 1180. The molecule has 0 fully saturated rings. The third-order valence-electron chi connectivity index (χ3n) is 4.40. The van der Waals surface area contributed by atoms with Crippen molar-refractivity contribution in [1.82, 2.24) is 0 Å². The molecule has 0 saturated carbocycles. The molecule has 0 aromatic heterocycles. The standard InChI is InChI=1S/C25H17F5O3/c1-2-3-10-32-17-11-20(26)19(21(27)12-17)9-6-15-4-7-16(8-5-15)25(31)33-18-13-22(28)24(30)23(29)14-18/h4-5,7-8,11-14H,2-3,10H2,1H3. The summed E-state index contributed by atoms with van der Waals surface area (Å²) in [6, 6.07) is 8.60. The van der Waals surface area contributed by atoms with Gasteiger partial charge >= 0.3 is 5.97 Å². The van der Waals surface area contributed by atoms with Crippen LogP contribution in [0.2, 0.25) is 0 Å². The van der Waals surface area contributed by atoms with E-state index in [4.69, 9.17) is 9.47 Å². The summed E-state index contributed by atoms with van der Waals surface area (Å²) in [6.07, 6.45) is 1.64. The summed E-state index contributed by atoms with van der Waals surface area (Å²) in [5, 5.41) is 0. The fraction of sp³-hybridized carbons (Fsp3) is 0.160. The van der Waals surface area contributed by atoms with Crippen LogP contribution in [-0.2, 0) is 0 Å². The Hall–Kier alpha value is -3.86. The maximum absolute atomic E-state index is 14.2. The van der Waals surface area contributed by atoms with Crippen molar-refractivity contribution in [3.05, 3.63) is 94.3 Å². The van der Waals surface area contributed by atoms with Crippen LogP contribution in [0.25, 0.3) is 0 Å². The lowest BCUT2D eigenvalue weighted by Gasteiger charge is -2.07. The molecule has 170 valence electrons. The van der Waals surface area contributed by atoms with E-state index in [0.29, 0.717) is 24.3 Å². The van der Waals surface area contributed by atoms with Gasteiger partial charge in [-0.25, -0.2) is 26.7 Å². The van der Waals surface area contributed by atoms with Gasteiger partial charge in [0.1, 0.15) is 23.1 Å². The van der Waals surface area contributed by atoms with Gasteiger partial charge in [0.2, 0.25) is 0 Å². The SMILES string of the molecule is CCCCOc1cc(F)c(C#Cc2ccc(C(=O)Oc3cc(F)c(F)c(F)c3)cc2)c(F)c1. The highest BCUT2D eigenvalue weighted by molar-refractivity contribution is 5.91. The molecule has 0 heterocycles. The Labute approximate surface area is 186 Å². The van der Waals surface area contributed by atoms with Crippen LogP contribution in [0.1, 0.15) is 41.3 Å². The van der Waals surface area contributed by atoms with Crippen molar-refractivity contribution in [3.8, 4) is 23.3 Å². The minimum atomic E-state index is -1.68. The molecule has 0 aliphatic carbocycles. The quantitative estimate of drug-likeness (QED) is 0.110. The number of carbonyl (C=O) groups is 1. The molecule has 3 nitrogen and oxygen atoms in total. The first kappa shape index (κ1) is 23.8. The van der Waals surface area contributed by atoms with Crippen LogP contribution in [0.3, 0.4) is 0 Å². The normalized spacial score (nSPS) is 10.4. The number of unbranched alkanes of at least 4 members (excludes halogenated alkanes) is 1. The fourth-order valence-corrected chi connectivity index (χ4v) is 2.67. The minimum absolute atomic E-state index is 0.0108. The summed E-state index contributed by atoms with van der Waals surface area (Å²) in [5.74, 6) is -2.79. The predicted octanol–water partition coefficient (Wildman–Crippen LogP) is 6.18. The van der Waals surface area contributed by atoms with E-state index in [1.807, 2.05) is 6.92 Å². The van der Waals surface area contributed by atoms with Crippen molar-refractivity contribution in [2.24, 2.45) is 0 Å². The monoisotopic (exact) mass is 460 g/mol. The first-order chi connectivity index (χ1) is 15.8. The Morgan fingerprint density at radius 3 is 1.97 bits per heavy atom. The van der Waals surface area contributed by atoms with Crippen molar-refractivity contribution in [1.29, 1.82) is 0 Å². The van der Waals surface area contributed by atoms with Gasteiger partial charge in [-0.1, -0.05) is 25.2 Å². The second-order valence-electron chi connectivity index (χ2n) is 6.88. The predicted molar refractivity (Wildman–Crippen MR) is 110 cm³/mol. The Morgan fingerprint density at radius 1 is 0.818 bits per heavy atom. The summed E-state index contributed by atoms with van der Waals surface area (Å²) in [7, 11) is 0. The Kier molecular flexibility index (Phi) is 7.67. The molecule has 3 aromatic carbocycles. The van der Waals surface area contributed by atoms with Gasteiger partial charge in [-0.05, 0) is 30.7 Å². The van der Waals surface area contributed by atoms with E-state index in [0.717, 1.165) is 25.0 Å². The molecule has 0 radical (unpaired) electrons. The van der Waals surface area contributed by atoms with Crippen molar-refractivity contribution >= 4 is 5.97 Å². The van der Waals surface area contributed by atoms with E-state index < -0.39 is 46.4 Å². The third-order valence-corrected chi connectivity index (χ3v) is 4.40. The van der Waals surface area contributed by atoms with Gasteiger partial charge in [-0.3, -0.25) is 0 Å². The highest BCUT2D eigenvalue weighted by Crippen LogP contribution is 2.22. The number of ether oxygens (including phenoxy) is 2. The molecule has 0 atom stereocenters. The van der Waals surface area contributed by atoms with Crippen LogP contribution >= 0.6 is 0 Å². The van der Waals surface area contributed by atoms with Gasteiger partial charge in [-0.15, -0.1) is 0 Å². The van der Waals surface area contributed by atoms with Gasteiger partial charge in [0, 0.05) is 29.8 Å². The van der Waals surface area contributed by atoms with Gasteiger partial charge in [0.05, 0.1) is 17.7 Å². The molecule has 3 aromatic rings. The zero-order valence-electron chi connectivity index (χ0n) is 17.4. The first-order valence-corrected chi connectivity index (χ1v) is 9.89. The highest BCUT2D eigenvalue weighted by atomic mass is 19.2. The number of hydrogen-bond donors (Lipinski definition) is 0. The lowest BCUT2D eigenvalue weighted by atomic mass is 10.1. The first-order valence-electron chi connectivity index (χ1n) is 9.89. The molecule has 0 aliphatic heterocycles. The van der Waals surface area contributed by atoms with E-state index in [1.165, 1.54) is 24.3 Å².